The predicted molar refractivity (Wildman–Crippen MR) is 67.0 cm³/mol. The van der Waals surface area contributed by atoms with E-state index in [4.69, 9.17) is 5.73 Å². The zero-order chi connectivity index (χ0) is 12.3. The van der Waals surface area contributed by atoms with Gasteiger partial charge in [0.05, 0.1) is 0 Å². The Morgan fingerprint density at radius 2 is 2.24 bits per heavy atom. The van der Waals surface area contributed by atoms with Gasteiger partial charge in [-0.1, -0.05) is 18.2 Å². The first kappa shape index (κ1) is 11.9. The highest BCUT2D eigenvalue weighted by molar-refractivity contribution is 7.99. The minimum atomic E-state index is -0.180. The summed E-state index contributed by atoms with van der Waals surface area (Å²) in [7, 11) is 0. The number of benzene rings is 1. The first-order valence-corrected chi connectivity index (χ1v) is 6.19. The Morgan fingerprint density at radius 3 is 2.94 bits per heavy atom. The average Bonchev–Trinajstić information content (AvgIpc) is 2.70. The molecule has 0 aliphatic carbocycles. The maximum Gasteiger partial charge on any atom is 0.343 e. The number of H-pyrrole nitrogens is 1. The Bertz CT molecular complexity index is 561. The number of hydrogen-bond donors (Lipinski definition) is 2. The number of aromatic amines is 1. The molecule has 0 amide bonds. The van der Waals surface area contributed by atoms with Crippen molar-refractivity contribution in [2.75, 3.05) is 0 Å². The van der Waals surface area contributed by atoms with Crippen LogP contribution in [-0.2, 0) is 13.1 Å². The summed E-state index contributed by atoms with van der Waals surface area (Å²) in [5.41, 5.74) is 6.54. The average molecular weight is 250 g/mol. The first-order chi connectivity index (χ1) is 8.26. The largest absolute Gasteiger partial charge is 0.343 e. The molecule has 0 bridgehead atoms. The third kappa shape index (κ3) is 2.42. The highest BCUT2D eigenvalue weighted by Gasteiger charge is 2.10. The molecule has 3 N–H and O–H groups in total. The Kier molecular flexibility index (Phi) is 3.65. The van der Waals surface area contributed by atoms with E-state index in [2.05, 4.69) is 10.2 Å². The topological polar surface area (TPSA) is 76.7 Å². The molecular formula is C11H14N4OS. The van der Waals surface area contributed by atoms with Gasteiger partial charge in [0, 0.05) is 18.0 Å². The Morgan fingerprint density at radius 1 is 1.47 bits per heavy atom. The summed E-state index contributed by atoms with van der Waals surface area (Å²) in [6, 6.07) is 7.85. The van der Waals surface area contributed by atoms with Gasteiger partial charge < -0.3 is 5.73 Å². The molecule has 1 aromatic heterocycles. The van der Waals surface area contributed by atoms with Crippen molar-refractivity contribution >= 4 is 11.8 Å². The van der Waals surface area contributed by atoms with E-state index in [1.165, 1.54) is 11.8 Å². The van der Waals surface area contributed by atoms with E-state index >= 15 is 0 Å². The van der Waals surface area contributed by atoms with Gasteiger partial charge >= 0.3 is 5.69 Å². The minimum absolute atomic E-state index is 0.180. The SMILES string of the molecule is CCn1c(Sc2ccccc2CN)n[nH]c1=O. The number of hydrogen-bond acceptors (Lipinski definition) is 4. The molecule has 6 heteroatoms. The molecule has 1 heterocycles. The summed E-state index contributed by atoms with van der Waals surface area (Å²) in [5.74, 6) is 0. The molecule has 0 spiro atoms. The van der Waals surface area contributed by atoms with Gasteiger partial charge in [-0.2, -0.15) is 0 Å². The number of aromatic nitrogens is 3. The van der Waals surface area contributed by atoms with Gasteiger partial charge in [0.1, 0.15) is 0 Å². The number of nitrogens with zero attached hydrogens (tertiary/aromatic N) is 2. The summed E-state index contributed by atoms with van der Waals surface area (Å²) < 4.78 is 1.60. The molecule has 0 saturated heterocycles. The molecule has 0 atom stereocenters. The number of nitrogens with one attached hydrogen (secondary N) is 1. The number of rotatable bonds is 4. The quantitative estimate of drug-likeness (QED) is 0.855. The van der Waals surface area contributed by atoms with Crippen molar-refractivity contribution in [3.8, 4) is 0 Å². The molecule has 0 aliphatic rings. The fraction of sp³-hybridized carbons (Fsp3) is 0.273. The van der Waals surface area contributed by atoms with Crippen molar-refractivity contribution in [2.45, 2.75) is 30.1 Å². The van der Waals surface area contributed by atoms with Crippen LogP contribution in [0.5, 0.6) is 0 Å². The molecule has 1 aromatic carbocycles. The van der Waals surface area contributed by atoms with Crippen molar-refractivity contribution in [1.29, 1.82) is 0 Å². The Hall–Kier alpha value is -1.53. The molecular weight excluding hydrogens is 236 g/mol. The first-order valence-electron chi connectivity index (χ1n) is 5.37. The van der Waals surface area contributed by atoms with Gasteiger partial charge in [-0.25, -0.2) is 9.89 Å². The third-order valence-electron chi connectivity index (χ3n) is 2.43. The second-order valence-electron chi connectivity index (χ2n) is 3.47. The predicted octanol–water partition coefficient (Wildman–Crippen LogP) is 1.20. The molecule has 0 fully saturated rings. The Balaban J connectivity index is 2.34. The standard InChI is InChI=1S/C11H14N4OS/c1-2-15-10(16)13-14-11(15)17-9-6-4-3-5-8(9)7-12/h3-6H,2,7,12H2,1H3,(H,13,16). The molecule has 5 nitrogen and oxygen atoms in total. The van der Waals surface area contributed by atoms with Gasteiger partial charge in [0.15, 0.2) is 5.16 Å². The van der Waals surface area contributed by atoms with E-state index in [9.17, 15) is 4.79 Å². The highest BCUT2D eigenvalue weighted by atomic mass is 32.2. The zero-order valence-electron chi connectivity index (χ0n) is 9.51. The van der Waals surface area contributed by atoms with Gasteiger partial charge in [-0.15, -0.1) is 5.10 Å². The number of nitrogens with two attached hydrogens (primary N) is 1. The van der Waals surface area contributed by atoms with Crippen molar-refractivity contribution in [2.24, 2.45) is 5.73 Å². The lowest BCUT2D eigenvalue weighted by Gasteiger charge is -2.06. The van der Waals surface area contributed by atoms with Crippen LogP contribution in [-0.4, -0.2) is 14.8 Å². The maximum absolute atomic E-state index is 11.4. The Labute approximate surface area is 103 Å². The van der Waals surface area contributed by atoms with E-state index in [1.807, 2.05) is 31.2 Å². The molecule has 0 aliphatic heterocycles. The highest BCUT2D eigenvalue weighted by Crippen LogP contribution is 2.27. The van der Waals surface area contributed by atoms with Crippen LogP contribution in [0.25, 0.3) is 0 Å². The van der Waals surface area contributed by atoms with E-state index in [0.717, 1.165) is 10.5 Å². The van der Waals surface area contributed by atoms with E-state index in [0.29, 0.717) is 18.2 Å². The summed E-state index contributed by atoms with van der Waals surface area (Å²) in [6.45, 7) is 2.99. The van der Waals surface area contributed by atoms with Crippen LogP contribution < -0.4 is 11.4 Å². The summed E-state index contributed by atoms with van der Waals surface area (Å²) in [4.78, 5) is 12.5. The third-order valence-corrected chi connectivity index (χ3v) is 3.55. The van der Waals surface area contributed by atoms with E-state index in [-0.39, 0.29) is 5.69 Å². The van der Waals surface area contributed by atoms with Crippen molar-refractivity contribution in [3.05, 3.63) is 40.3 Å². The van der Waals surface area contributed by atoms with Crippen LogP contribution >= 0.6 is 11.8 Å². The van der Waals surface area contributed by atoms with Crippen molar-refractivity contribution < 1.29 is 0 Å². The van der Waals surface area contributed by atoms with Crippen LogP contribution in [0.15, 0.2) is 39.1 Å². The molecule has 17 heavy (non-hydrogen) atoms. The molecule has 0 saturated carbocycles. The van der Waals surface area contributed by atoms with E-state index in [1.54, 1.807) is 4.57 Å². The summed E-state index contributed by atoms with van der Waals surface area (Å²) >= 11 is 1.45. The lowest BCUT2D eigenvalue weighted by atomic mass is 10.2. The molecule has 90 valence electrons. The molecule has 0 radical (unpaired) electrons. The fourth-order valence-electron chi connectivity index (χ4n) is 1.53. The van der Waals surface area contributed by atoms with Gasteiger partial charge in [-0.3, -0.25) is 4.57 Å². The second kappa shape index (κ2) is 5.20. The van der Waals surface area contributed by atoms with Gasteiger partial charge in [0.2, 0.25) is 0 Å². The summed E-state index contributed by atoms with van der Waals surface area (Å²) in [5, 5.41) is 7.12. The van der Waals surface area contributed by atoms with Gasteiger partial charge in [-0.05, 0) is 30.3 Å². The fourth-order valence-corrected chi connectivity index (χ4v) is 2.57. The van der Waals surface area contributed by atoms with Crippen molar-refractivity contribution in [3.63, 3.8) is 0 Å². The van der Waals surface area contributed by atoms with Crippen molar-refractivity contribution in [1.82, 2.24) is 14.8 Å². The lowest BCUT2D eigenvalue weighted by Crippen LogP contribution is -2.16. The maximum atomic E-state index is 11.4. The van der Waals surface area contributed by atoms with Crippen LogP contribution in [0.1, 0.15) is 12.5 Å². The molecule has 2 aromatic rings. The molecule has 0 unspecified atom stereocenters. The summed E-state index contributed by atoms with van der Waals surface area (Å²) in [6.07, 6.45) is 0. The lowest BCUT2D eigenvalue weighted by molar-refractivity contribution is 0.660. The normalized spacial score (nSPS) is 10.7. The zero-order valence-corrected chi connectivity index (χ0v) is 10.3. The smallest absolute Gasteiger partial charge is 0.326 e. The van der Waals surface area contributed by atoms with Crippen LogP contribution in [0, 0.1) is 0 Å². The van der Waals surface area contributed by atoms with Crippen LogP contribution in [0.4, 0.5) is 0 Å². The monoisotopic (exact) mass is 250 g/mol. The van der Waals surface area contributed by atoms with Gasteiger partial charge in [0.25, 0.3) is 0 Å². The van der Waals surface area contributed by atoms with Crippen LogP contribution in [0.2, 0.25) is 0 Å². The molecule has 2 rings (SSSR count). The van der Waals surface area contributed by atoms with E-state index < -0.39 is 0 Å². The second-order valence-corrected chi connectivity index (χ2v) is 4.48. The minimum Gasteiger partial charge on any atom is -0.326 e. The van der Waals surface area contributed by atoms with Crippen LogP contribution in [0.3, 0.4) is 0 Å².